The highest BCUT2D eigenvalue weighted by molar-refractivity contribution is 6.23. The van der Waals surface area contributed by atoms with Gasteiger partial charge in [-0.2, -0.15) is 0 Å². The molecule has 0 spiro atoms. The minimum atomic E-state index is -1.03. The molecule has 1 atom stereocenters. The fourth-order valence-corrected chi connectivity index (χ4v) is 3.95. The molecule has 1 aliphatic heterocycles. The summed E-state index contributed by atoms with van der Waals surface area (Å²) in [4.78, 5) is 64.0. The van der Waals surface area contributed by atoms with Gasteiger partial charge < -0.3 is 14.5 Å². The van der Waals surface area contributed by atoms with E-state index in [1.165, 1.54) is 24.3 Å². The molecule has 0 bridgehead atoms. The third-order valence-corrected chi connectivity index (χ3v) is 5.54. The van der Waals surface area contributed by atoms with E-state index in [1.54, 1.807) is 24.3 Å². The molecule has 1 aliphatic rings. The van der Waals surface area contributed by atoms with E-state index in [0.29, 0.717) is 11.1 Å². The zero-order chi connectivity index (χ0) is 24.6. The van der Waals surface area contributed by atoms with Crippen molar-refractivity contribution in [3.8, 4) is 0 Å². The molecule has 9 nitrogen and oxygen atoms in total. The predicted molar refractivity (Wildman–Crippen MR) is 123 cm³/mol. The highest BCUT2D eigenvalue weighted by atomic mass is 16.5. The molecule has 2 aromatic carbocycles. The third-order valence-electron chi connectivity index (χ3n) is 5.54. The minimum Gasteiger partial charge on any atom is -0.465 e. The molecule has 0 fully saturated rings. The zero-order valence-electron chi connectivity index (χ0n) is 18.8. The Bertz CT molecular complexity index is 1350. The van der Waals surface area contributed by atoms with Crippen LogP contribution in [0.25, 0.3) is 11.0 Å². The number of benzene rings is 2. The van der Waals surface area contributed by atoms with Crippen LogP contribution in [-0.4, -0.2) is 41.7 Å². The van der Waals surface area contributed by atoms with Crippen molar-refractivity contribution in [3.05, 3.63) is 75.6 Å². The van der Waals surface area contributed by atoms with Gasteiger partial charge in [0.15, 0.2) is 0 Å². The van der Waals surface area contributed by atoms with Gasteiger partial charge in [0.05, 0.1) is 18.2 Å². The lowest BCUT2D eigenvalue weighted by Crippen LogP contribution is -2.47. The first kappa shape index (κ1) is 22.9. The summed E-state index contributed by atoms with van der Waals surface area (Å²) in [5, 5.41) is 3.13. The van der Waals surface area contributed by atoms with Gasteiger partial charge in [-0.1, -0.05) is 26.0 Å². The molecule has 4 rings (SSSR count). The second-order valence-electron chi connectivity index (χ2n) is 8.35. The number of amides is 3. The number of carbonyl (C=O) groups excluding carboxylic acids is 4. The lowest BCUT2D eigenvalue weighted by Gasteiger charge is -2.26. The average Bonchev–Trinajstić information content (AvgIpc) is 3.06. The smallest absolute Gasteiger partial charge is 0.351 e. The Labute approximate surface area is 194 Å². The molecule has 0 unspecified atom stereocenters. The Kier molecular flexibility index (Phi) is 6.02. The standard InChI is InChI=1S/C25H22N2O7/c1-13(2)10-19(27-22(29)16-6-4-5-7-17(16)23(27)30)21(28)26-15-8-9-20-14(11-15)12-18(24(31)33-3)25(32)34-20/h4-9,11-13,19H,10H2,1-3H3,(H,26,28)/t19-/m0/s1. The van der Waals surface area contributed by atoms with Crippen LogP contribution < -0.4 is 10.9 Å². The van der Waals surface area contributed by atoms with Crippen molar-refractivity contribution >= 4 is 40.3 Å². The molecule has 174 valence electrons. The predicted octanol–water partition coefficient (Wildman–Crippen LogP) is 3.23. The van der Waals surface area contributed by atoms with E-state index in [-0.39, 0.29) is 34.6 Å². The van der Waals surface area contributed by atoms with Gasteiger partial charge in [0.2, 0.25) is 5.91 Å². The Morgan fingerprint density at radius 1 is 1.00 bits per heavy atom. The molecule has 2 heterocycles. The molecular weight excluding hydrogens is 440 g/mol. The van der Waals surface area contributed by atoms with Crippen molar-refractivity contribution in [1.82, 2.24) is 4.90 Å². The van der Waals surface area contributed by atoms with Crippen LogP contribution in [0.1, 0.15) is 51.3 Å². The summed E-state index contributed by atoms with van der Waals surface area (Å²) >= 11 is 0. The van der Waals surface area contributed by atoms with Crippen molar-refractivity contribution in [2.24, 2.45) is 5.92 Å². The van der Waals surface area contributed by atoms with Crippen molar-refractivity contribution in [3.63, 3.8) is 0 Å². The molecule has 3 amide bonds. The molecule has 0 saturated heterocycles. The molecule has 0 aliphatic carbocycles. The molecule has 0 saturated carbocycles. The maximum absolute atomic E-state index is 13.3. The van der Waals surface area contributed by atoms with Crippen LogP contribution in [0.5, 0.6) is 0 Å². The van der Waals surface area contributed by atoms with Gasteiger partial charge in [-0.25, -0.2) is 9.59 Å². The summed E-state index contributed by atoms with van der Waals surface area (Å²) in [6, 6.07) is 11.3. The maximum atomic E-state index is 13.3. The molecule has 3 aromatic rings. The fraction of sp³-hybridized carbons (Fsp3) is 0.240. The summed E-state index contributed by atoms with van der Waals surface area (Å²) in [5.41, 5.74) is -0.0153. The first-order valence-electron chi connectivity index (χ1n) is 10.6. The number of nitrogens with one attached hydrogen (secondary N) is 1. The summed E-state index contributed by atoms with van der Waals surface area (Å²) in [5.74, 6) is -2.37. The maximum Gasteiger partial charge on any atom is 0.351 e. The highest BCUT2D eigenvalue weighted by Gasteiger charge is 2.42. The quantitative estimate of drug-likeness (QED) is 0.339. The summed E-state index contributed by atoms with van der Waals surface area (Å²) in [6.07, 6.45) is 0.270. The number of anilines is 1. The SMILES string of the molecule is COC(=O)c1cc2cc(NC(=O)[C@H](CC(C)C)N3C(=O)c4ccccc4C3=O)ccc2oc1=O. The van der Waals surface area contributed by atoms with Crippen LogP contribution in [0.2, 0.25) is 0 Å². The van der Waals surface area contributed by atoms with E-state index in [4.69, 9.17) is 4.42 Å². The van der Waals surface area contributed by atoms with Crippen molar-refractivity contribution in [2.75, 3.05) is 12.4 Å². The second-order valence-corrected chi connectivity index (χ2v) is 8.35. The fourth-order valence-electron chi connectivity index (χ4n) is 3.95. The van der Waals surface area contributed by atoms with Gasteiger partial charge in [0, 0.05) is 11.1 Å². The zero-order valence-corrected chi connectivity index (χ0v) is 18.8. The first-order chi connectivity index (χ1) is 16.2. The Hall–Kier alpha value is -4.27. The number of imide groups is 1. The van der Waals surface area contributed by atoms with Gasteiger partial charge >= 0.3 is 11.6 Å². The van der Waals surface area contributed by atoms with Gasteiger partial charge in [0.25, 0.3) is 11.8 Å². The molecular formula is C25H22N2O7. The molecule has 9 heteroatoms. The molecule has 1 N–H and O–H groups in total. The first-order valence-corrected chi connectivity index (χ1v) is 10.6. The number of nitrogens with zero attached hydrogens (tertiary/aromatic N) is 1. The van der Waals surface area contributed by atoms with E-state index < -0.39 is 35.4 Å². The topological polar surface area (TPSA) is 123 Å². The number of ether oxygens (including phenoxy) is 1. The van der Waals surface area contributed by atoms with Crippen molar-refractivity contribution < 1.29 is 28.3 Å². The average molecular weight is 462 g/mol. The Morgan fingerprint density at radius 2 is 1.65 bits per heavy atom. The van der Waals surface area contributed by atoms with Crippen molar-refractivity contribution in [1.29, 1.82) is 0 Å². The normalized spacial score (nSPS) is 13.8. The lowest BCUT2D eigenvalue weighted by atomic mass is 10.0. The summed E-state index contributed by atoms with van der Waals surface area (Å²) in [6.45, 7) is 3.79. The van der Waals surface area contributed by atoms with Crippen LogP contribution in [-0.2, 0) is 9.53 Å². The van der Waals surface area contributed by atoms with E-state index in [2.05, 4.69) is 10.1 Å². The van der Waals surface area contributed by atoms with Gasteiger partial charge in [-0.15, -0.1) is 0 Å². The molecule has 34 heavy (non-hydrogen) atoms. The number of carbonyl (C=O) groups is 4. The van der Waals surface area contributed by atoms with E-state index >= 15 is 0 Å². The van der Waals surface area contributed by atoms with Crippen LogP contribution in [0.3, 0.4) is 0 Å². The number of rotatable bonds is 6. The van der Waals surface area contributed by atoms with E-state index in [0.717, 1.165) is 12.0 Å². The summed E-state index contributed by atoms with van der Waals surface area (Å²) < 4.78 is 9.75. The van der Waals surface area contributed by atoms with Crippen LogP contribution >= 0.6 is 0 Å². The van der Waals surface area contributed by atoms with E-state index in [1.807, 2.05) is 13.8 Å². The van der Waals surface area contributed by atoms with Crippen LogP contribution in [0, 0.1) is 5.92 Å². The van der Waals surface area contributed by atoms with Crippen molar-refractivity contribution in [2.45, 2.75) is 26.3 Å². The minimum absolute atomic E-state index is 0.0218. The largest absolute Gasteiger partial charge is 0.465 e. The van der Waals surface area contributed by atoms with E-state index in [9.17, 15) is 24.0 Å². The second kappa shape index (κ2) is 8.93. The third kappa shape index (κ3) is 4.07. The Balaban J connectivity index is 1.65. The number of methoxy groups -OCH3 is 1. The Morgan fingerprint density at radius 3 is 2.24 bits per heavy atom. The van der Waals surface area contributed by atoms with Crippen LogP contribution in [0.4, 0.5) is 5.69 Å². The van der Waals surface area contributed by atoms with Gasteiger partial charge in [-0.05, 0) is 48.7 Å². The number of hydrogen-bond acceptors (Lipinski definition) is 7. The highest BCUT2D eigenvalue weighted by Crippen LogP contribution is 2.28. The monoisotopic (exact) mass is 462 g/mol. The molecule has 1 aromatic heterocycles. The molecule has 0 radical (unpaired) electrons. The lowest BCUT2D eigenvalue weighted by molar-refractivity contribution is -0.120. The number of esters is 1. The van der Waals surface area contributed by atoms with Gasteiger partial charge in [0.1, 0.15) is 17.2 Å². The number of fused-ring (bicyclic) bond motifs is 2. The van der Waals surface area contributed by atoms with Gasteiger partial charge in [-0.3, -0.25) is 19.3 Å². The number of hydrogen-bond donors (Lipinski definition) is 1. The van der Waals surface area contributed by atoms with Crippen LogP contribution in [0.15, 0.2) is 57.7 Å². The summed E-state index contributed by atoms with van der Waals surface area (Å²) in [7, 11) is 1.15.